The van der Waals surface area contributed by atoms with Gasteiger partial charge in [0.05, 0.1) is 21.1 Å². The maximum atomic E-state index is 13.6. The summed E-state index contributed by atoms with van der Waals surface area (Å²) in [6, 6.07) is 11.8. The predicted molar refractivity (Wildman–Crippen MR) is 148 cm³/mol. The van der Waals surface area contributed by atoms with Gasteiger partial charge in [0.25, 0.3) is 0 Å². The number of pyridine rings is 1. The van der Waals surface area contributed by atoms with Crippen LogP contribution in [-0.2, 0) is 25.7 Å². The number of nitrogens with one attached hydrogen (secondary N) is 1. The molecule has 3 heterocycles. The van der Waals surface area contributed by atoms with Crippen molar-refractivity contribution < 1.29 is 18.0 Å². The Morgan fingerprint density at radius 3 is 2.62 bits per heavy atom. The van der Waals surface area contributed by atoms with E-state index in [1.54, 1.807) is 24.3 Å². The first-order chi connectivity index (χ1) is 18.6. The third-order valence-corrected chi connectivity index (χ3v) is 7.56. The maximum absolute atomic E-state index is 13.6. The molecule has 0 radical (unpaired) electrons. The largest absolute Gasteiger partial charge is 0.416 e. The van der Waals surface area contributed by atoms with Gasteiger partial charge in [-0.1, -0.05) is 59.1 Å². The average molecular weight is 594 g/mol. The molecule has 2 aromatic carbocycles. The summed E-state index contributed by atoms with van der Waals surface area (Å²) in [6.45, 7) is 1.89. The summed E-state index contributed by atoms with van der Waals surface area (Å²) in [4.78, 5) is 19.4. The van der Waals surface area contributed by atoms with Crippen LogP contribution >= 0.6 is 34.8 Å². The highest BCUT2D eigenvalue weighted by Crippen LogP contribution is 2.36. The molecule has 1 aliphatic heterocycles. The maximum Gasteiger partial charge on any atom is 0.416 e. The lowest BCUT2D eigenvalue weighted by Gasteiger charge is -2.27. The highest BCUT2D eigenvalue weighted by molar-refractivity contribution is 6.42. The van der Waals surface area contributed by atoms with Gasteiger partial charge in [-0.2, -0.15) is 13.2 Å². The van der Waals surface area contributed by atoms with Gasteiger partial charge in [-0.05, 0) is 53.1 Å². The first kappa shape index (κ1) is 27.5. The van der Waals surface area contributed by atoms with Gasteiger partial charge in [0.15, 0.2) is 0 Å². The molecule has 39 heavy (non-hydrogen) atoms. The molecule has 0 aliphatic carbocycles. The number of aromatic nitrogens is 2. The van der Waals surface area contributed by atoms with E-state index in [0.717, 1.165) is 28.8 Å². The summed E-state index contributed by atoms with van der Waals surface area (Å²) in [6.07, 6.45) is 1.43. The minimum absolute atomic E-state index is 0.153. The van der Waals surface area contributed by atoms with Crippen LogP contribution in [0.2, 0.25) is 15.2 Å². The molecule has 0 spiro atoms. The van der Waals surface area contributed by atoms with Crippen molar-refractivity contribution >= 4 is 57.8 Å². The Labute approximate surface area is 237 Å². The van der Waals surface area contributed by atoms with E-state index >= 15 is 0 Å². The highest BCUT2D eigenvalue weighted by atomic mass is 35.5. The molecule has 0 bridgehead atoms. The zero-order valence-corrected chi connectivity index (χ0v) is 22.7. The minimum atomic E-state index is -4.53. The first-order valence-electron chi connectivity index (χ1n) is 12.1. The van der Waals surface area contributed by atoms with Crippen LogP contribution in [-0.4, -0.2) is 33.6 Å². The normalized spacial score (nSPS) is 14.2. The van der Waals surface area contributed by atoms with E-state index in [4.69, 9.17) is 34.8 Å². The van der Waals surface area contributed by atoms with Gasteiger partial charge < -0.3 is 5.32 Å². The number of carbonyl (C=O) groups is 1. The van der Waals surface area contributed by atoms with E-state index in [2.05, 4.69) is 15.2 Å². The third kappa shape index (κ3) is 6.09. The van der Waals surface area contributed by atoms with Gasteiger partial charge in [0, 0.05) is 49.9 Å². The number of nitrogens with zero attached hydrogens (tertiary/aromatic N) is 3. The molecule has 5 rings (SSSR count). The van der Waals surface area contributed by atoms with Crippen molar-refractivity contribution in [1.82, 2.24) is 19.8 Å². The third-order valence-electron chi connectivity index (χ3n) is 6.61. The second-order valence-corrected chi connectivity index (χ2v) is 10.4. The summed E-state index contributed by atoms with van der Waals surface area (Å²) < 4.78 is 42.1. The van der Waals surface area contributed by atoms with Gasteiger partial charge in [-0.15, -0.1) is 0 Å². The zero-order valence-electron chi connectivity index (χ0n) is 20.4. The van der Waals surface area contributed by atoms with Crippen molar-refractivity contribution in [2.75, 3.05) is 13.1 Å². The van der Waals surface area contributed by atoms with Crippen molar-refractivity contribution in [3.8, 4) is 0 Å². The molecule has 0 atom stereocenters. The van der Waals surface area contributed by atoms with Crippen molar-refractivity contribution in [2.45, 2.75) is 25.7 Å². The van der Waals surface area contributed by atoms with E-state index < -0.39 is 17.8 Å². The van der Waals surface area contributed by atoms with E-state index in [0.29, 0.717) is 47.2 Å². The number of fused-ring (bicyclic) bond motifs is 3. The topological polar surface area (TPSA) is 50.2 Å². The Balaban J connectivity index is 1.42. The summed E-state index contributed by atoms with van der Waals surface area (Å²) in [5.41, 5.74) is 2.61. The van der Waals surface area contributed by atoms with Crippen LogP contribution in [0.3, 0.4) is 0 Å². The van der Waals surface area contributed by atoms with Crippen LogP contribution in [0.5, 0.6) is 0 Å². The van der Waals surface area contributed by atoms with Gasteiger partial charge in [-0.3, -0.25) is 9.47 Å². The Morgan fingerprint density at radius 2 is 1.87 bits per heavy atom. The van der Waals surface area contributed by atoms with Crippen LogP contribution < -0.4 is 5.32 Å². The molecule has 1 amide bonds. The fourth-order valence-electron chi connectivity index (χ4n) is 4.74. The van der Waals surface area contributed by atoms with Gasteiger partial charge in [0.2, 0.25) is 0 Å². The van der Waals surface area contributed by atoms with Gasteiger partial charge in [0.1, 0.15) is 5.15 Å². The SMILES string of the molecule is O=C(NCc1ccnc(Cl)c1)n1c2c(c3ccc(C(F)(F)F)cc31)CN(CC=Cc1ccc(Cl)c(Cl)c1)CC2. The quantitative estimate of drug-likeness (QED) is 0.240. The van der Waals surface area contributed by atoms with Crippen molar-refractivity contribution in [2.24, 2.45) is 0 Å². The molecule has 5 nitrogen and oxygen atoms in total. The number of rotatable bonds is 5. The van der Waals surface area contributed by atoms with Crippen LogP contribution in [0, 0.1) is 0 Å². The molecule has 11 heteroatoms. The Morgan fingerprint density at radius 1 is 1.05 bits per heavy atom. The monoisotopic (exact) mass is 592 g/mol. The molecule has 0 saturated carbocycles. The highest BCUT2D eigenvalue weighted by Gasteiger charge is 2.33. The summed E-state index contributed by atoms with van der Waals surface area (Å²) >= 11 is 18.0. The van der Waals surface area contributed by atoms with E-state index in [1.807, 2.05) is 18.2 Å². The average Bonchev–Trinajstić information content (AvgIpc) is 3.22. The fraction of sp³-hybridized carbons (Fsp3) is 0.214. The fourth-order valence-corrected chi connectivity index (χ4v) is 5.24. The lowest BCUT2D eigenvalue weighted by atomic mass is 10.0. The Hall–Kier alpha value is -3.04. The van der Waals surface area contributed by atoms with Crippen molar-refractivity contribution in [3.05, 3.63) is 104 Å². The second-order valence-electron chi connectivity index (χ2n) is 9.20. The smallest absolute Gasteiger partial charge is 0.333 e. The molecular weight excluding hydrogens is 572 g/mol. The van der Waals surface area contributed by atoms with Crippen molar-refractivity contribution in [1.29, 1.82) is 0 Å². The predicted octanol–water partition coefficient (Wildman–Crippen LogP) is 7.84. The van der Waals surface area contributed by atoms with Gasteiger partial charge >= 0.3 is 12.2 Å². The first-order valence-corrected chi connectivity index (χ1v) is 13.2. The zero-order chi connectivity index (χ0) is 27.7. The van der Waals surface area contributed by atoms with E-state index in [9.17, 15) is 18.0 Å². The second kappa shape index (κ2) is 11.2. The summed E-state index contributed by atoms with van der Waals surface area (Å²) in [5, 5.41) is 4.67. The number of hydrogen-bond donors (Lipinski definition) is 1. The van der Waals surface area contributed by atoms with Crippen molar-refractivity contribution in [3.63, 3.8) is 0 Å². The molecule has 202 valence electrons. The standard InChI is InChI=1S/C28H22Cl3F3N4O/c29-22-6-3-17(12-23(22)30)2-1-10-37-11-8-24-21(16-37)20-5-4-19(28(32,33)34)14-25(20)38(24)27(39)36-15-18-7-9-35-26(31)13-18/h1-7,9,12-14H,8,10-11,15-16H2,(H,36,39). The molecule has 0 fully saturated rings. The number of benzene rings is 2. The molecule has 4 aromatic rings. The van der Waals surface area contributed by atoms with Crippen LogP contribution in [0.15, 0.2) is 60.8 Å². The Bertz CT molecular complexity index is 1580. The van der Waals surface area contributed by atoms with E-state index in [1.165, 1.54) is 16.8 Å². The number of halogens is 6. The van der Waals surface area contributed by atoms with Crippen LogP contribution in [0.1, 0.15) is 27.9 Å². The molecule has 1 N–H and O–H groups in total. The Kier molecular flexibility index (Phi) is 7.91. The number of carbonyl (C=O) groups excluding carboxylic acids is 1. The minimum Gasteiger partial charge on any atom is -0.333 e. The van der Waals surface area contributed by atoms with E-state index in [-0.39, 0.29) is 17.2 Å². The molecular formula is C28H22Cl3F3N4O. The lowest BCUT2D eigenvalue weighted by molar-refractivity contribution is -0.137. The molecule has 2 aromatic heterocycles. The summed E-state index contributed by atoms with van der Waals surface area (Å²) in [5.74, 6) is 0. The number of amides is 1. The molecule has 1 aliphatic rings. The van der Waals surface area contributed by atoms with Crippen LogP contribution in [0.4, 0.5) is 18.0 Å². The van der Waals surface area contributed by atoms with Gasteiger partial charge in [-0.25, -0.2) is 9.78 Å². The molecule has 0 unspecified atom stereocenters. The number of alkyl halides is 3. The number of hydrogen-bond acceptors (Lipinski definition) is 3. The summed E-state index contributed by atoms with van der Waals surface area (Å²) in [7, 11) is 0. The van der Waals surface area contributed by atoms with Crippen LogP contribution in [0.25, 0.3) is 17.0 Å². The molecule has 0 saturated heterocycles. The lowest BCUT2D eigenvalue weighted by Crippen LogP contribution is -2.34.